The first-order valence-corrected chi connectivity index (χ1v) is 47.3. The zero-order valence-corrected chi connectivity index (χ0v) is 71.0. The van der Waals surface area contributed by atoms with E-state index in [-0.39, 0.29) is 25.7 Å². The Labute approximate surface area is 645 Å². The SMILES string of the molecule is CCCCCCCCCCCCCCCCCCCCCCC(=O)O[C@H](COC(=O)CCCCCCCCCCCCCCCCCCC(C)C)COP(=O)(O)OC[C@@H](O)COP(=O)(O)OC[C@@H](COC(=O)CCCCCCCCCCCCC(C)C)OC(=O)CCCCCCCCCCCCC(C)C. The topological polar surface area (TPSA) is 237 Å². The predicted molar refractivity (Wildman–Crippen MR) is 432 cm³/mol. The summed E-state index contributed by atoms with van der Waals surface area (Å²) in [6, 6.07) is 0. The molecule has 0 heterocycles. The van der Waals surface area contributed by atoms with Gasteiger partial charge in [0, 0.05) is 25.7 Å². The molecule has 5 atom stereocenters. The summed E-state index contributed by atoms with van der Waals surface area (Å²) >= 11 is 0. The van der Waals surface area contributed by atoms with Gasteiger partial charge in [0.1, 0.15) is 19.3 Å². The summed E-state index contributed by atoms with van der Waals surface area (Å²) in [5.41, 5.74) is 0. The van der Waals surface area contributed by atoms with Gasteiger partial charge in [-0.25, -0.2) is 9.13 Å². The van der Waals surface area contributed by atoms with Crippen LogP contribution in [0.2, 0.25) is 0 Å². The van der Waals surface area contributed by atoms with Gasteiger partial charge in [-0.1, -0.05) is 402 Å². The van der Waals surface area contributed by atoms with Crippen molar-refractivity contribution in [3.05, 3.63) is 0 Å². The lowest BCUT2D eigenvalue weighted by Gasteiger charge is -2.21. The van der Waals surface area contributed by atoms with Gasteiger partial charge in [0.15, 0.2) is 12.2 Å². The number of esters is 4. The lowest BCUT2D eigenvalue weighted by Crippen LogP contribution is -2.30. The van der Waals surface area contributed by atoms with Gasteiger partial charge in [-0.15, -0.1) is 0 Å². The second-order valence-electron chi connectivity index (χ2n) is 32.4. The van der Waals surface area contributed by atoms with Gasteiger partial charge in [0.2, 0.25) is 0 Å². The van der Waals surface area contributed by atoms with Crippen LogP contribution in [0.15, 0.2) is 0 Å². The number of hydrogen-bond donors (Lipinski definition) is 3. The van der Waals surface area contributed by atoms with Crippen LogP contribution in [-0.2, 0) is 65.4 Å². The maximum absolute atomic E-state index is 13.2. The molecular formula is C86H168O17P2. The van der Waals surface area contributed by atoms with E-state index in [1.165, 1.54) is 263 Å². The van der Waals surface area contributed by atoms with E-state index in [1.54, 1.807) is 0 Å². The van der Waals surface area contributed by atoms with E-state index in [4.69, 9.17) is 37.0 Å². The van der Waals surface area contributed by atoms with Crippen LogP contribution in [0, 0.1) is 17.8 Å². The first kappa shape index (κ1) is 103. The maximum Gasteiger partial charge on any atom is 0.472 e. The molecule has 0 radical (unpaired) electrons. The zero-order valence-electron chi connectivity index (χ0n) is 69.2. The van der Waals surface area contributed by atoms with Gasteiger partial charge >= 0.3 is 39.5 Å². The molecule has 0 aromatic carbocycles. The molecule has 0 saturated heterocycles. The number of ether oxygens (including phenoxy) is 4. The summed E-state index contributed by atoms with van der Waals surface area (Å²) < 4.78 is 68.9. The second-order valence-corrected chi connectivity index (χ2v) is 35.3. The van der Waals surface area contributed by atoms with Gasteiger partial charge in [-0.05, 0) is 43.4 Å². The Hall–Kier alpha value is -1.94. The van der Waals surface area contributed by atoms with Crippen LogP contribution in [0.3, 0.4) is 0 Å². The molecule has 0 amide bonds. The number of phosphoric acid groups is 2. The summed E-state index contributed by atoms with van der Waals surface area (Å²) in [6.45, 7) is 12.0. The fourth-order valence-corrected chi connectivity index (χ4v) is 14.9. The van der Waals surface area contributed by atoms with Crippen LogP contribution in [-0.4, -0.2) is 96.7 Å². The van der Waals surface area contributed by atoms with Crippen LogP contribution in [0.1, 0.15) is 453 Å². The molecule has 0 aromatic rings. The van der Waals surface area contributed by atoms with Crippen molar-refractivity contribution >= 4 is 39.5 Å². The molecule has 0 aliphatic carbocycles. The Morgan fingerprint density at radius 3 is 0.648 bits per heavy atom. The molecule has 0 spiro atoms. The molecule has 0 bridgehead atoms. The third-order valence-electron chi connectivity index (χ3n) is 20.1. The molecule has 0 rings (SSSR count). The fourth-order valence-electron chi connectivity index (χ4n) is 13.4. The molecule has 0 aliphatic rings. The second kappa shape index (κ2) is 76.1. The van der Waals surface area contributed by atoms with E-state index in [2.05, 4.69) is 48.5 Å². The molecule has 624 valence electrons. The van der Waals surface area contributed by atoms with E-state index < -0.39 is 97.5 Å². The van der Waals surface area contributed by atoms with Crippen molar-refractivity contribution < 1.29 is 80.2 Å². The number of unbranched alkanes of at least 4 members (excludes halogenated alkanes) is 52. The molecule has 3 N–H and O–H groups in total. The predicted octanol–water partition coefficient (Wildman–Crippen LogP) is 26.1. The normalized spacial score (nSPS) is 13.9. The summed E-state index contributed by atoms with van der Waals surface area (Å²) in [5.74, 6) is 0.218. The Bertz CT molecular complexity index is 2030. The monoisotopic (exact) mass is 1540 g/mol. The lowest BCUT2D eigenvalue weighted by molar-refractivity contribution is -0.161. The third-order valence-corrected chi connectivity index (χ3v) is 22.0. The quantitative estimate of drug-likeness (QED) is 0.0222. The Kier molecular flexibility index (Phi) is 74.7. The van der Waals surface area contributed by atoms with Crippen LogP contribution >= 0.6 is 15.6 Å². The Morgan fingerprint density at radius 2 is 0.438 bits per heavy atom. The molecular weight excluding hydrogens is 1370 g/mol. The summed E-state index contributed by atoms with van der Waals surface area (Å²) in [5, 5.41) is 10.7. The fraction of sp³-hybridized carbons (Fsp3) is 0.953. The highest BCUT2D eigenvalue weighted by molar-refractivity contribution is 7.47. The average Bonchev–Trinajstić information content (AvgIpc) is 0.910. The summed E-state index contributed by atoms with van der Waals surface area (Å²) in [7, 11) is -9.93. The van der Waals surface area contributed by atoms with Crippen molar-refractivity contribution in [2.45, 2.75) is 471 Å². The van der Waals surface area contributed by atoms with Gasteiger partial charge < -0.3 is 33.8 Å². The molecule has 2 unspecified atom stereocenters. The molecule has 0 aromatic heterocycles. The number of carbonyl (C=O) groups is 4. The Balaban J connectivity index is 5.25. The zero-order chi connectivity index (χ0) is 77.2. The van der Waals surface area contributed by atoms with E-state index in [1.807, 2.05) is 0 Å². The highest BCUT2D eigenvalue weighted by Crippen LogP contribution is 2.45. The van der Waals surface area contributed by atoms with Crippen molar-refractivity contribution in [1.82, 2.24) is 0 Å². The van der Waals surface area contributed by atoms with E-state index in [0.29, 0.717) is 25.7 Å². The van der Waals surface area contributed by atoms with Crippen molar-refractivity contribution in [2.24, 2.45) is 17.8 Å². The van der Waals surface area contributed by atoms with Crippen LogP contribution in [0.4, 0.5) is 0 Å². The van der Waals surface area contributed by atoms with Crippen LogP contribution in [0.25, 0.3) is 0 Å². The molecule has 0 fully saturated rings. The van der Waals surface area contributed by atoms with E-state index in [0.717, 1.165) is 108 Å². The van der Waals surface area contributed by atoms with E-state index >= 15 is 0 Å². The molecule has 105 heavy (non-hydrogen) atoms. The summed E-state index contributed by atoms with van der Waals surface area (Å²) in [6.07, 6.45) is 66.7. The number of hydrogen-bond acceptors (Lipinski definition) is 15. The van der Waals surface area contributed by atoms with Crippen molar-refractivity contribution in [1.29, 1.82) is 0 Å². The number of carbonyl (C=O) groups excluding carboxylic acids is 4. The third kappa shape index (κ3) is 79.9. The lowest BCUT2D eigenvalue weighted by atomic mass is 10.0. The minimum atomic E-state index is -4.97. The minimum absolute atomic E-state index is 0.106. The van der Waals surface area contributed by atoms with Crippen molar-refractivity contribution in [3.63, 3.8) is 0 Å². The van der Waals surface area contributed by atoms with Crippen LogP contribution < -0.4 is 0 Å². The molecule has 17 nitrogen and oxygen atoms in total. The van der Waals surface area contributed by atoms with Crippen LogP contribution in [0.5, 0.6) is 0 Å². The van der Waals surface area contributed by atoms with E-state index in [9.17, 15) is 43.2 Å². The highest BCUT2D eigenvalue weighted by atomic mass is 31.2. The van der Waals surface area contributed by atoms with Crippen molar-refractivity contribution in [2.75, 3.05) is 39.6 Å². The van der Waals surface area contributed by atoms with Gasteiger partial charge in [0.25, 0.3) is 0 Å². The standard InChI is InChI=1S/C86H168O17P2/c1-8-9-10-11-12-13-14-15-16-17-18-19-20-25-28-31-41-48-55-62-69-85(90)102-81(73-96-83(88)67-60-53-46-39-30-27-24-22-21-23-26-29-36-43-50-57-64-77(2)3)75-100-104(92,93)98-71-80(87)72-99-105(94,95)101-76-82(103-86(91)70-63-56-49-42-35-33-38-45-52-59-66-79(6)7)74-97-84(89)68-61-54-47-40-34-32-37-44-51-58-65-78(4)5/h77-82,87H,8-76H2,1-7H3,(H,92,93)(H,94,95)/t80-,81-,82-/m1/s1. The number of aliphatic hydroxyl groups is 1. The summed E-state index contributed by atoms with van der Waals surface area (Å²) in [4.78, 5) is 73.2. The van der Waals surface area contributed by atoms with Gasteiger partial charge in [-0.2, -0.15) is 0 Å². The minimum Gasteiger partial charge on any atom is -0.462 e. The molecule has 0 saturated carbocycles. The average molecular weight is 1540 g/mol. The number of phosphoric ester groups is 2. The van der Waals surface area contributed by atoms with Crippen molar-refractivity contribution in [3.8, 4) is 0 Å². The first-order chi connectivity index (χ1) is 50.7. The molecule has 19 heteroatoms. The first-order valence-electron chi connectivity index (χ1n) is 44.3. The van der Waals surface area contributed by atoms with Gasteiger partial charge in [0.05, 0.1) is 26.4 Å². The molecule has 0 aliphatic heterocycles. The highest BCUT2D eigenvalue weighted by Gasteiger charge is 2.30. The maximum atomic E-state index is 13.2. The smallest absolute Gasteiger partial charge is 0.462 e. The van der Waals surface area contributed by atoms with Gasteiger partial charge in [-0.3, -0.25) is 37.3 Å². The largest absolute Gasteiger partial charge is 0.472 e. The number of rotatable bonds is 84. The number of aliphatic hydroxyl groups excluding tert-OH is 1. The Morgan fingerprint density at radius 1 is 0.257 bits per heavy atom.